The summed E-state index contributed by atoms with van der Waals surface area (Å²) in [6, 6.07) is 3.47. The molecule has 0 saturated heterocycles. The molecular weight excluding hydrogens is 320 g/mol. The largest absolute Gasteiger partial charge is 0.480 e. The van der Waals surface area contributed by atoms with E-state index in [1.807, 2.05) is 0 Å². The highest BCUT2D eigenvalue weighted by Crippen LogP contribution is 2.28. The number of carbonyl (C=O) groups excluding carboxylic acids is 1. The fourth-order valence-corrected chi connectivity index (χ4v) is 2.89. The molecule has 0 bridgehead atoms. The number of rotatable bonds is 6. The molecule has 124 valence electrons. The van der Waals surface area contributed by atoms with Crippen LogP contribution < -0.4 is 4.74 Å². The Morgan fingerprint density at radius 3 is 2.78 bits per heavy atom. The number of ether oxygens (including phenoxy) is 1. The highest BCUT2D eigenvalue weighted by Gasteiger charge is 2.34. The standard InChI is InChI=1S/C14H18N4O4S/c1-22-13-6-5-12-15-9-11(18(12)16-13)14(19)17(10-3-4-10)7-8-23(2,20)21/h5-6,9-10H,3-4,7-8H2,1-2H3. The molecule has 3 rings (SSSR count). The van der Waals surface area contributed by atoms with Crippen molar-refractivity contribution in [2.24, 2.45) is 0 Å². The second-order valence-corrected chi connectivity index (χ2v) is 7.91. The number of fused-ring (bicyclic) bond motifs is 1. The topological polar surface area (TPSA) is 93.9 Å². The van der Waals surface area contributed by atoms with Crippen LogP contribution in [0.5, 0.6) is 5.88 Å². The van der Waals surface area contributed by atoms with E-state index >= 15 is 0 Å². The van der Waals surface area contributed by atoms with Gasteiger partial charge in [-0.1, -0.05) is 0 Å². The monoisotopic (exact) mass is 338 g/mol. The summed E-state index contributed by atoms with van der Waals surface area (Å²) in [5.41, 5.74) is 0.840. The molecular formula is C14H18N4O4S. The molecule has 0 aliphatic heterocycles. The number of amides is 1. The van der Waals surface area contributed by atoms with Crippen molar-refractivity contribution in [2.75, 3.05) is 25.7 Å². The van der Waals surface area contributed by atoms with Crippen molar-refractivity contribution < 1.29 is 17.9 Å². The molecule has 0 unspecified atom stereocenters. The van der Waals surface area contributed by atoms with Gasteiger partial charge in [-0.2, -0.15) is 0 Å². The first-order chi connectivity index (χ1) is 10.9. The van der Waals surface area contributed by atoms with Gasteiger partial charge in [-0.15, -0.1) is 5.10 Å². The fraction of sp³-hybridized carbons (Fsp3) is 0.500. The van der Waals surface area contributed by atoms with Crippen LogP contribution in [0, 0.1) is 0 Å². The Hall–Kier alpha value is -2.16. The summed E-state index contributed by atoms with van der Waals surface area (Å²) in [5.74, 6) is 0.0611. The van der Waals surface area contributed by atoms with E-state index in [4.69, 9.17) is 4.74 Å². The molecule has 2 aromatic rings. The van der Waals surface area contributed by atoms with Crippen molar-refractivity contribution in [2.45, 2.75) is 18.9 Å². The van der Waals surface area contributed by atoms with Gasteiger partial charge in [0.15, 0.2) is 11.3 Å². The quantitative estimate of drug-likeness (QED) is 0.756. The Morgan fingerprint density at radius 1 is 1.43 bits per heavy atom. The van der Waals surface area contributed by atoms with E-state index in [1.165, 1.54) is 24.1 Å². The van der Waals surface area contributed by atoms with E-state index in [1.54, 1.807) is 17.0 Å². The first kappa shape index (κ1) is 15.7. The minimum absolute atomic E-state index is 0.0529. The number of sulfone groups is 1. The van der Waals surface area contributed by atoms with Crippen LogP contribution in [0.4, 0.5) is 0 Å². The molecule has 1 aliphatic rings. The lowest BCUT2D eigenvalue weighted by atomic mass is 10.3. The number of carbonyl (C=O) groups is 1. The zero-order chi connectivity index (χ0) is 16.6. The summed E-state index contributed by atoms with van der Waals surface area (Å²) >= 11 is 0. The van der Waals surface area contributed by atoms with E-state index in [9.17, 15) is 13.2 Å². The van der Waals surface area contributed by atoms with Crippen LogP contribution in [0.3, 0.4) is 0 Å². The lowest BCUT2D eigenvalue weighted by Gasteiger charge is -2.21. The Labute approximate surface area is 134 Å². The van der Waals surface area contributed by atoms with Crippen molar-refractivity contribution >= 4 is 21.4 Å². The molecule has 0 spiro atoms. The summed E-state index contributed by atoms with van der Waals surface area (Å²) in [5, 5.41) is 4.21. The third kappa shape index (κ3) is 3.44. The van der Waals surface area contributed by atoms with Crippen LogP contribution >= 0.6 is 0 Å². The molecule has 0 radical (unpaired) electrons. The van der Waals surface area contributed by atoms with Crippen molar-refractivity contribution in [1.82, 2.24) is 19.5 Å². The van der Waals surface area contributed by atoms with Crippen molar-refractivity contribution in [3.63, 3.8) is 0 Å². The van der Waals surface area contributed by atoms with E-state index in [-0.39, 0.29) is 24.2 Å². The number of hydrogen-bond acceptors (Lipinski definition) is 6. The van der Waals surface area contributed by atoms with Crippen LogP contribution in [0.25, 0.3) is 5.65 Å². The molecule has 1 saturated carbocycles. The van der Waals surface area contributed by atoms with Crippen LogP contribution in [0.2, 0.25) is 0 Å². The molecule has 8 nitrogen and oxygen atoms in total. The van der Waals surface area contributed by atoms with E-state index in [2.05, 4.69) is 10.1 Å². The maximum atomic E-state index is 12.8. The molecule has 0 atom stereocenters. The zero-order valence-electron chi connectivity index (χ0n) is 13.0. The van der Waals surface area contributed by atoms with Crippen LogP contribution in [0.15, 0.2) is 18.3 Å². The second kappa shape index (κ2) is 5.80. The summed E-state index contributed by atoms with van der Waals surface area (Å²) in [6.07, 6.45) is 4.41. The second-order valence-electron chi connectivity index (χ2n) is 5.65. The van der Waals surface area contributed by atoms with Crippen LogP contribution in [-0.4, -0.2) is 65.5 Å². The number of hydrogen-bond donors (Lipinski definition) is 0. The van der Waals surface area contributed by atoms with Crippen LogP contribution in [-0.2, 0) is 9.84 Å². The van der Waals surface area contributed by atoms with Gasteiger partial charge >= 0.3 is 0 Å². The first-order valence-electron chi connectivity index (χ1n) is 7.26. The van der Waals surface area contributed by atoms with Gasteiger partial charge in [0.1, 0.15) is 9.84 Å². The Morgan fingerprint density at radius 2 is 2.17 bits per heavy atom. The molecule has 0 N–H and O–H groups in total. The summed E-state index contributed by atoms with van der Waals surface area (Å²) in [4.78, 5) is 18.6. The van der Waals surface area contributed by atoms with Gasteiger partial charge in [-0.3, -0.25) is 4.79 Å². The molecule has 2 aromatic heterocycles. The third-order valence-electron chi connectivity index (χ3n) is 3.72. The van der Waals surface area contributed by atoms with E-state index in [0.29, 0.717) is 17.2 Å². The molecule has 2 heterocycles. The van der Waals surface area contributed by atoms with Gasteiger partial charge in [0, 0.05) is 24.9 Å². The molecule has 1 fully saturated rings. The highest BCUT2D eigenvalue weighted by atomic mass is 32.2. The molecule has 1 aliphatic carbocycles. The van der Waals surface area contributed by atoms with Gasteiger partial charge in [-0.25, -0.2) is 17.9 Å². The SMILES string of the molecule is COc1ccc2ncc(C(=O)N(CCS(C)(=O)=O)C3CC3)n2n1. The maximum Gasteiger partial charge on any atom is 0.274 e. The predicted octanol–water partition coefficient (Wildman–Crippen LogP) is 0.387. The summed E-state index contributed by atoms with van der Waals surface area (Å²) in [6.45, 7) is 0.180. The lowest BCUT2D eigenvalue weighted by Crippen LogP contribution is -2.37. The minimum atomic E-state index is -3.13. The number of methoxy groups -OCH3 is 1. The van der Waals surface area contributed by atoms with E-state index in [0.717, 1.165) is 12.8 Å². The first-order valence-corrected chi connectivity index (χ1v) is 9.32. The van der Waals surface area contributed by atoms with Gasteiger partial charge in [-0.05, 0) is 18.9 Å². The molecule has 1 amide bonds. The van der Waals surface area contributed by atoms with Crippen molar-refractivity contribution in [3.05, 3.63) is 24.0 Å². The van der Waals surface area contributed by atoms with Crippen molar-refractivity contribution in [3.8, 4) is 5.88 Å². The molecule has 23 heavy (non-hydrogen) atoms. The Bertz CT molecular complexity index is 842. The van der Waals surface area contributed by atoms with Gasteiger partial charge in [0.05, 0.1) is 19.1 Å². The maximum absolute atomic E-state index is 12.8. The smallest absolute Gasteiger partial charge is 0.274 e. The lowest BCUT2D eigenvalue weighted by molar-refractivity contribution is 0.0745. The predicted molar refractivity (Wildman–Crippen MR) is 83.3 cm³/mol. The zero-order valence-corrected chi connectivity index (χ0v) is 13.8. The average molecular weight is 338 g/mol. The number of nitrogens with zero attached hydrogens (tertiary/aromatic N) is 4. The number of imidazole rings is 1. The fourth-order valence-electron chi connectivity index (χ4n) is 2.36. The molecule has 9 heteroatoms. The highest BCUT2D eigenvalue weighted by molar-refractivity contribution is 7.90. The average Bonchev–Trinajstić information content (AvgIpc) is 3.24. The third-order valence-corrected chi connectivity index (χ3v) is 4.64. The summed E-state index contributed by atoms with van der Waals surface area (Å²) < 4.78 is 29.3. The Kier molecular flexibility index (Phi) is 3.97. The normalized spacial score (nSPS) is 14.9. The van der Waals surface area contributed by atoms with Gasteiger partial charge in [0.2, 0.25) is 5.88 Å². The van der Waals surface area contributed by atoms with Gasteiger partial charge in [0.25, 0.3) is 5.91 Å². The van der Waals surface area contributed by atoms with Gasteiger partial charge < -0.3 is 9.64 Å². The minimum Gasteiger partial charge on any atom is -0.480 e. The van der Waals surface area contributed by atoms with Crippen LogP contribution in [0.1, 0.15) is 23.3 Å². The summed E-state index contributed by atoms with van der Waals surface area (Å²) in [7, 11) is -1.64. The van der Waals surface area contributed by atoms with E-state index < -0.39 is 9.84 Å². The Balaban J connectivity index is 1.90. The molecule has 0 aromatic carbocycles. The number of aromatic nitrogens is 3. The van der Waals surface area contributed by atoms with Crippen molar-refractivity contribution in [1.29, 1.82) is 0 Å².